The number of alkyl carbamates (subject to hydrolysis) is 1. The number of ether oxygens (including phenoxy) is 6. The second kappa shape index (κ2) is 16.7. The summed E-state index contributed by atoms with van der Waals surface area (Å²) in [5.41, 5.74) is 4.77. The molecule has 0 heterocycles. The van der Waals surface area contributed by atoms with Crippen LogP contribution in [0.15, 0.2) is 48.5 Å². The quantitative estimate of drug-likeness (QED) is 0.238. The molecule has 0 radical (unpaired) electrons. The highest BCUT2D eigenvalue weighted by molar-refractivity contribution is 5.79. The maximum atomic E-state index is 12.1. The van der Waals surface area contributed by atoms with Crippen molar-refractivity contribution < 1.29 is 38.0 Å². The molecule has 37 heavy (non-hydrogen) atoms. The molecular weight excluding hydrogens is 478 g/mol. The van der Waals surface area contributed by atoms with Gasteiger partial charge < -0.3 is 33.7 Å². The Balaban J connectivity index is 1.13. The minimum Gasteiger partial charge on any atom is -0.466 e. The zero-order chi connectivity index (χ0) is 26.1. The fourth-order valence-electron chi connectivity index (χ4n) is 4.03. The van der Waals surface area contributed by atoms with Crippen molar-refractivity contribution in [1.29, 1.82) is 0 Å². The van der Waals surface area contributed by atoms with Crippen LogP contribution in [0.1, 0.15) is 30.4 Å². The van der Waals surface area contributed by atoms with Crippen LogP contribution in [-0.2, 0) is 33.2 Å². The van der Waals surface area contributed by atoms with E-state index in [2.05, 4.69) is 29.6 Å². The number of hydrogen-bond acceptors (Lipinski definition) is 8. The first-order valence-electron chi connectivity index (χ1n) is 12.8. The molecule has 9 heteroatoms. The number of nitrogens with one attached hydrogen (secondary N) is 1. The monoisotopic (exact) mass is 515 g/mol. The van der Waals surface area contributed by atoms with E-state index in [4.69, 9.17) is 28.4 Å². The molecule has 0 unspecified atom stereocenters. The molecule has 2 aromatic rings. The lowest BCUT2D eigenvalue weighted by Gasteiger charge is -2.14. The minimum absolute atomic E-state index is 0.0411. The van der Waals surface area contributed by atoms with Crippen LogP contribution in [0.25, 0.3) is 11.1 Å². The Labute approximate surface area is 218 Å². The van der Waals surface area contributed by atoms with Crippen molar-refractivity contribution in [2.75, 3.05) is 72.6 Å². The van der Waals surface area contributed by atoms with Gasteiger partial charge in [-0.25, -0.2) is 4.79 Å². The van der Waals surface area contributed by atoms with Crippen LogP contribution < -0.4 is 5.32 Å². The molecule has 0 spiro atoms. The van der Waals surface area contributed by atoms with Crippen molar-refractivity contribution in [1.82, 2.24) is 5.32 Å². The van der Waals surface area contributed by atoms with Crippen LogP contribution in [0.5, 0.6) is 0 Å². The van der Waals surface area contributed by atoms with Crippen molar-refractivity contribution in [2.24, 2.45) is 0 Å². The van der Waals surface area contributed by atoms with Crippen LogP contribution in [0, 0.1) is 0 Å². The molecule has 1 aliphatic rings. The lowest BCUT2D eigenvalue weighted by Crippen LogP contribution is -2.29. The van der Waals surface area contributed by atoms with Gasteiger partial charge in [0.05, 0.1) is 65.9 Å². The van der Waals surface area contributed by atoms with Gasteiger partial charge in [-0.3, -0.25) is 4.79 Å². The zero-order valence-corrected chi connectivity index (χ0v) is 21.4. The molecule has 0 aromatic heterocycles. The SMILES string of the molecule is CCOC(=O)CCOCCOCCOCCOCCNC(=O)OCC1c2ccccc2-c2ccccc21. The summed E-state index contributed by atoms with van der Waals surface area (Å²) in [7, 11) is 0. The Morgan fingerprint density at radius 1 is 0.703 bits per heavy atom. The van der Waals surface area contributed by atoms with Crippen LogP contribution in [-0.4, -0.2) is 84.7 Å². The molecule has 3 rings (SSSR count). The standard InChI is InChI=1S/C28H37NO8/c1-2-36-27(30)11-13-32-15-17-34-19-20-35-18-16-33-14-12-29-28(31)37-21-26-24-9-5-3-7-22(24)23-8-4-6-10-25(23)26/h3-10,26H,2,11-21H2,1H3,(H,29,31). The molecular formula is C28H37NO8. The maximum absolute atomic E-state index is 12.1. The van der Waals surface area contributed by atoms with E-state index in [0.29, 0.717) is 66.0 Å². The Hall–Kier alpha value is -2.98. The van der Waals surface area contributed by atoms with Crippen molar-refractivity contribution in [3.8, 4) is 11.1 Å². The highest BCUT2D eigenvalue weighted by Gasteiger charge is 2.28. The minimum atomic E-state index is -0.455. The zero-order valence-electron chi connectivity index (χ0n) is 21.4. The molecule has 9 nitrogen and oxygen atoms in total. The van der Waals surface area contributed by atoms with Crippen molar-refractivity contribution >= 4 is 12.1 Å². The predicted molar refractivity (Wildman–Crippen MR) is 138 cm³/mol. The van der Waals surface area contributed by atoms with Gasteiger partial charge in [0.2, 0.25) is 0 Å². The first kappa shape index (κ1) is 28.6. The molecule has 1 aliphatic carbocycles. The fourth-order valence-corrected chi connectivity index (χ4v) is 4.03. The molecule has 202 valence electrons. The molecule has 1 amide bonds. The lowest BCUT2D eigenvalue weighted by atomic mass is 9.98. The summed E-state index contributed by atoms with van der Waals surface area (Å²) >= 11 is 0. The average Bonchev–Trinajstić information content (AvgIpc) is 3.23. The first-order chi connectivity index (χ1) is 18.2. The maximum Gasteiger partial charge on any atom is 0.407 e. The van der Waals surface area contributed by atoms with E-state index < -0.39 is 6.09 Å². The predicted octanol–water partition coefficient (Wildman–Crippen LogP) is 3.54. The topological polar surface area (TPSA) is 102 Å². The summed E-state index contributed by atoms with van der Waals surface area (Å²) in [5, 5.41) is 2.72. The van der Waals surface area contributed by atoms with Crippen molar-refractivity contribution in [3.05, 3.63) is 59.7 Å². The van der Waals surface area contributed by atoms with Crippen LogP contribution in [0.2, 0.25) is 0 Å². The lowest BCUT2D eigenvalue weighted by molar-refractivity contribution is -0.144. The smallest absolute Gasteiger partial charge is 0.407 e. The summed E-state index contributed by atoms with van der Waals surface area (Å²) in [6, 6.07) is 16.5. The summed E-state index contributed by atoms with van der Waals surface area (Å²) in [4.78, 5) is 23.3. The number of fused-ring (bicyclic) bond motifs is 3. The largest absolute Gasteiger partial charge is 0.466 e. The summed E-state index contributed by atoms with van der Waals surface area (Å²) in [5.74, 6) is -0.216. The van der Waals surface area contributed by atoms with Crippen molar-refractivity contribution in [2.45, 2.75) is 19.3 Å². The second-order valence-electron chi connectivity index (χ2n) is 8.26. The van der Waals surface area contributed by atoms with E-state index >= 15 is 0 Å². The third kappa shape index (κ3) is 9.77. The summed E-state index contributed by atoms with van der Waals surface area (Å²) in [6.07, 6.45) is -0.207. The van der Waals surface area contributed by atoms with Crippen molar-refractivity contribution in [3.63, 3.8) is 0 Å². The van der Waals surface area contributed by atoms with Gasteiger partial charge in [0, 0.05) is 12.5 Å². The Morgan fingerprint density at radius 3 is 1.78 bits per heavy atom. The second-order valence-corrected chi connectivity index (χ2v) is 8.26. The number of hydrogen-bond donors (Lipinski definition) is 1. The molecule has 0 bridgehead atoms. The molecule has 2 aromatic carbocycles. The number of rotatable bonds is 18. The highest BCUT2D eigenvalue weighted by Crippen LogP contribution is 2.44. The van der Waals surface area contributed by atoms with Gasteiger partial charge in [-0.15, -0.1) is 0 Å². The van der Waals surface area contributed by atoms with Crippen LogP contribution in [0.3, 0.4) is 0 Å². The van der Waals surface area contributed by atoms with E-state index in [1.54, 1.807) is 6.92 Å². The number of carbonyl (C=O) groups is 2. The molecule has 0 fully saturated rings. The molecule has 0 saturated heterocycles. The van der Waals surface area contributed by atoms with Gasteiger partial charge in [-0.1, -0.05) is 48.5 Å². The van der Waals surface area contributed by atoms with Gasteiger partial charge in [0.1, 0.15) is 6.61 Å². The Morgan fingerprint density at radius 2 is 1.22 bits per heavy atom. The number of amides is 1. The van der Waals surface area contributed by atoms with E-state index in [9.17, 15) is 9.59 Å². The average molecular weight is 516 g/mol. The third-order valence-corrected chi connectivity index (χ3v) is 5.73. The summed E-state index contributed by atoms with van der Waals surface area (Å²) < 4.78 is 31.9. The third-order valence-electron chi connectivity index (χ3n) is 5.73. The highest BCUT2D eigenvalue weighted by atomic mass is 16.6. The van der Waals surface area contributed by atoms with Crippen LogP contribution in [0.4, 0.5) is 4.79 Å². The van der Waals surface area contributed by atoms with Gasteiger partial charge in [0.25, 0.3) is 0 Å². The van der Waals surface area contributed by atoms with Gasteiger partial charge in [0.15, 0.2) is 0 Å². The molecule has 0 aliphatic heterocycles. The fraction of sp³-hybridized carbons (Fsp3) is 0.500. The Kier molecular flexibility index (Phi) is 12.9. The molecule has 0 atom stereocenters. The van der Waals surface area contributed by atoms with Gasteiger partial charge in [-0.2, -0.15) is 0 Å². The van der Waals surface area contributed by atoms with Gasteiger partial charge >= 0.3 is 12.1 Å². The van der Waals surface area contributed by atoms with Gasteiger partial charge in [-0.05, 0) is 29.2 Å². The summed E-state index contributed by atoms with van der Waals surface area (Å²) in [6.45, 7) is 6.09. The number of esters is 1. The molecule has 1 N–H and O–H groups in total. The van der Waals surface area contributed by atoms with E-state index in [0.717, 1.165) is 0 Å². The van der Waals surface area contributed by atoms with E-state index in [1.165, 1.54) is 22.3 Å². The first-order valence-corrected chi connectivity index (χ1v) is 12.8. The van der Waals surface area contributed by atoms with E-state index in [1.807, 2.05) is 24.3 Å². The van der Waals surface area contributed by atoms with Crippen LogP contribution >= 0.6 is 0 Å². The number of benzene rings is 2. The van der Waals surface area contributed by atoms with E-state index in [-0.39, 0.29) is 24.9 Å². The number of carbonyl (C=O) groups excluding carboxylic acids is 2. The molecule has 0 saturated carbocycles. The Bertz CT molecular complexity index is 921. The normalized spacial score (nSPS) is 12.1.